The molecule has 0 aromatic heterocycles. The number of carbonyl (C=O) groups excluding carboxylic acids is 2. The second kappa shape index (κ2) is 11.0. The lowest BCUT2D eigenvalue weighted by molar-refractivity contribution is -0.143. The fourth-order valence-electron chi connectivity index (χ4n) is 4.25. The van der Waals surface area contributed by atoms with E-state index in [1.165, 1.54) is 0 Å². The van der Waals surface area contributed by atoms with E-state index in [-0.39, 0.29) is 24.5 Å². The Bertz CT molecular complexity index is 875. The number of hydrogen-bond acceptors (Lipinski definition) is 3. The standard InChI is InChI=1S/C26H34N2O3/c1-4-23(26(30)27-22-12-8-9-13-22)28(17-21-10-6-5-7-11-21)25(29)18-31-24-15-14-19(2)16-20(24)3/h5-7,10-11,14-16,22-23H,4,8-9,12-13,17-18H2,1-3H3,(H,27,30). The fraction of sp³-hybridized carbons (Fsp3) is 0.462. The highest BCUT2D eigenvalue weighted by atomic mass is 16.5. The Morgan fingerprint density at radius 2 is 1.81 bits per heavy atom. The Hall–Kier alpha value is -2.82. The summed E-state index contributed by atoms with van der Waals surface area (Å²) in [6, 6.07) is 15.4. The monoisotopic (exact) mass is 422 g/mol. The summed E-state index contributed by atoms with van der Waals surface area (Å²) >= 11 is 0. The van der Waals surface area contributed by atoms with Gasteiger partial charge in [-0.1, -0.05) is 67.8 Å². The largest absolute Gasteiger partial charge is 0.483 e. The van der Waals surface area contributed by atoms with Gasteiger partial charge in [-0.05, 0) is 50.3 Å². The van der Waals surface area contributed by atoms with Gasteiger partial charge < -0.3 is 15.0 Å². The predicted octanol–water partition coefficient (Wildman–Crippen LogP) is 4.55. The molecular formula is C26H34N2O3. The molecular weight excluding hydrogens is 388 g/mol. The first kappa shape index (κ1) is 22.9. The van der Waals surface area contributed by atoms with Gasteiger partial charge >= 0.3 is 0 Å². The first-order chi connectivity index (χ1) is 15.0. The van der Waals surface area contributed by atoms with E-state index in [0.29, 0.717) is 18.7 Å². The van der Waals surface area contributed by atoms with Crippen LogP contribution in [-0.2, 0) is 16.1 Å². The highest BCUT2D eigenvalue weighted by Gasteiger charge is 2.30. The molecule has 2 amide bonds. The van der Waals surface area contributed by atoms with Crippen molar-refractivity contribution in [3.63, 3.8) is 0 Å². The predicted molar refractivity (Wildman–Crippen MR) is 123 cm³/mol. The third-order valence-corrected chi connectivity index (χ3v) is 5.96. The van der Waals surface area contributed by atoms with Crippen LogP contribution in [0, 0.1) is 13.8 Å². The molecule has 1 N–H and O–H groups in total. The minimum atomic E-state index is -0.518. The molecule has 2 aromatic carbocycles. The summed E-state index contributed by atoms with van der Waals surface area (Å²) in [5.41, 5.74) is 3.14. The zero-order valence-electron chi connectivity index (χ0n) is 18.9. The third kappa shape index (κ3) is 6.33. The van der Waals surface area contributed by atoms with Crippen LogP contribution in [0.1, 0.15) is 55.7 Å². The molecule has 0 spiro atoms. The van der Waals surface area contributed by atoms with E-state index >= 15 is 0 Å². The third-order valence-electron chi connectivity index (χ3n) is 5.96. The molecule has 1 fully saturated rings. The summed E-state index contributed by atoms with van der Waals surface area (Å²) in [7, 11) is 0. The number of nitrogens with one attached hydrogen (secondary N) is 1. The Morgan fingerprint density at radius 1 is 1.10 bits per heavy atom. The van der Waals surface area contributed by atoms with E-state index < -0.39 is 6.04 Å². The molecule has 5 heteroatoms. The molecule has 0 radical (unpaired) electrons. The summed E-state index contributed by atoms with van der Waals surface area (Å²) in [4.78, 5) is 28.0. The molecule has 0 heterocycles. The van der Waals surface area contributed by atoms with Crippen LogP contribution in [0.25, 0.3) is 0 Å². The van der Waals surface area contributed by atoms with Crippen LogP contribution in [0.5, 0.6) is 5.75 Å². The average molecular weight is 423 g/mol. The van der Waals surface area contributed by atoms with Gasteiger partial charge in [0.25, 0.3) is 5.91 Å². The Balaban J connectivity index is 1.74. The molecule has 3 rings (SSSR count). The first-order valence-corrected chi connectivity index (χ1v) is 11.3. The molecule has 1 saturated carbocycles. The van der Waals surface area contributed by atoms with Gasteiger partial charge in [0.1, 0.15) is 11.8 Å². The quantitative estimate of drug-likeness (QED) is 0.645. The number of nitrogens with zero attached hydrogens (tertiary/aromatic N) is 1. The van der Waals surface area contributed by atoms with E-state index in [0.717, 1.165) is 42.4 Å². The van der Waals surface area contributed by atoms with Crippen molar-refractivity contribution in [2.24, 2.45) is 0 Å². The first-order valence-electron chi connectivity index (χ1n) is 11.3. The van der Waals surface area contributed by atoms with Gasteiger partial charge in [-0.25, -0.2) is 0 Å². The SMILES string of the molecule is CCC(C(=O)NC1CCCC1)N(Cc1ccccc1)C(=O)COc1ccc(C)cc1C. The Morgan fingerprint density at radius 3 is 2.45 bits per heavy atom. The van der Waals surface area contributed by atoms with Crippen molar-refractivity contribution in [3.05, 3.63) is 65.2 Å². The van der Waals surface area contributed by atoms with Gasteiger partial charge in [0.2, 0.25) is 5.91 Å². The lowest BCUT2D eigenvalue weighted by Crippen LogP contribution is -2.52. The topological polar surface area (TPSA) is 58.6 Å². The number of carbonyl (C=O) groups is 2. The van der Waals surface area contributed by atoms with Crippen molar-refractivity contribution in [2.45, 2.75) is 71.5 Å². The maximum atomic E-state index is 13.3. The number of rotatable bonds is 9. The van der Waals surface area contributed by atoms with E-state index in [1.54, 1.807) is 4.90 Å². The van der Waals surface area contributed by atoms with Crippen LogP contribution in [0.3, 0.4) is 0 Å². The Kier molecular flexibility index (Phi) is 8.10. The van der Waals surface area contributed by atoms with Gasteiger partial charge in [0.05, 0.1) is 0 Å². The summed E-state index contributed by atoms with van der Waals surface area (Å²) in [6.07, 6.45) is 4.90. The normalized spacial score (nSPS) is 14.8. The second-order valence-electron chi connectivity index (χ2n) is 8.48. The highest BCUT2D eigenvalue weighted by Crippen LogP contribution is 2.21. The average Bonchev–Trinajstić information content (AvgIpc) is 3.26. The van der Waals surface area contributed by atoms with E-state index in [2.05, 4.69) is 5.32 Å². The molecule has 1 aliphatic rings. The zero-order valence-corrected chi connectivity index (χ0v) is 18.9. The molecule has 1 atom stereocenters. The Labute approximate surface area is 185 Å². The van der Waals surface area contributed by atoms with Crippen molar-refractivity contribution in [3.8, 4) is 5.75 Å². The molecule has 2 aromatic rings. The van der Waals surface area contributed by atoms with Gasteiger partial charge in [-0.3, -0.25) is 9.59 Å². The van der Waals surface area contributed by atoms with E-state index in [1.807, 2.05) is 69.3 Å². The van der Waals surface area contributed by atoms with Crippen LogP contribution in [0.15, 0.2) is 48.5 Å². The van der Waals surface area contributed by atoms with Crippen LogP contribution in [0.4, 0.5) is 0 Å². The van der Waals surface area contributed by atoms with Crippen LogP contribution in [0.2, 0.25) is 0 Å². The molecule has 0 bridgehead atoms. The minimum Gasteiger partial charge on any atom is -0.483 e. The summed E-state index contributed by atoms with van der Waals surface area (Å²) < 4.78 is 5.86. The molecule has 1 aliphatic carbocycles. The molecule has 1 unspecified atom stereocenters. The maximum absolute atomic E-state index is 13.3. The molecule has 0 aliphatic heterocycles. The lowest BCUT2D eigenvalue weighted by atomic mass is 10.1. The van der Waals surface area contributed by atoms with Gasteiger partial charge in [-0.15, -0.1) is 0 Å². The van der Waals surface area contributed by atoms with Crippen molar-refractivity contribution in [2.75, 3.05) is 6.61 Å². The van der Waals surface area contributed by atoms with Gasteiger partial charge in [0.15, 0.2) is 6.61 Å². The lowest BCUT2D eigenvalue weighted by Gasteiger charge is -2.31. The zero-order chi connectivity index (χ0) is 22.2. The molecule has 166 valence electrons. The highest BCUT2D eigenvalue weighted by molar-refractivity contribution is 5.88. The second-order valence-corrected chi connectivity index (χ2v) is 8.48. The number of benzene rings is 2. The van der Waals surface area contributed by atoms with Crippen molar-refractivity contribution >= 4 is 11.8 Å². The summed E-state index contributed by atoms with van der Waals surface area (Å²) in [5.74, 6) is 0.449. The smallest absolute Gasteiger partial charge is 0.261 e. The minimum absolute atomic E-state index is 0.0646. The van der Waals surface area contributed by atoms with Crippen molar-refractivity contribution in [1.29, 1.82) is 0 Å². The summed E-state index contributed by atoms with van der Waals surface area (Å²) in [6.45, 7) is 6.24. The summed E-state index contributed by atoms with van der Waals surface area (Å²) in [5, 5.41) is 3.17. The van der Waals surface area contributed by atoms with Gasteiger partial charge in [-0.2, -0.15) is 0 Å². The number of hydrogen-bond donors (Lipinski definition) is 1. The van der Waals surface area contributed by atoms with E-state index in [9.17, 15) is 9.59 Å². The number of ether oxygens (including phenoxy) is 1. The van der Waals surface area contributed by atoms with Crippen LogP contribution >= 0.6 is 0 Å². The van der Waals surface area contributed by atoms with Gasteiger partial charge in [0, 0.05) is 12.6 Å². The van der Waals surface area contributed by atoms with Crippen LogP contribution in [-0.4, -0.2) is 35.4 Å². The molecule has 31 heavy (non-hydrogen) atoms. The van der Waals surface area contributed by atoms with Crippen LogP contribution < -0.4 is 10.1 Å². The number of aryl methyl sites for hydroxylation is 2. The number of amides is 2. The fourth-order valence-corrected chi connectivity index (χ4v) is 4.25. The van der Waals surface area contributed by atoms with E-state index in [4.69, 9.17) is 4.74 Å². The molecule has 5 nitrogen and oxygen atoms in total. The molecule has 0 saturated heterocycles. The van der Waals surface area contributed by atoms with Crippen molar-refractivity contribution < 1.29 is 14.3 Å². The maximum Gasteiger partial charge on any atom is 0.261 e. The van der Waals surface area contributed by atoms with Crippen molar-refractivity contribution in [1.82, 2.24) is 10.2 Å².